The number of carboxylic acid groups (broad SMARTS) is 1. The Hall–Kier alpha value is -2.30. The van der Waals surface area contributed by atoms with E-state index in [0.717, 1.165) is 0 Å². The van der Waals surface area contributed by atoms with Gasteiger partial charge in [-0.25, -0.2) is 0 Å². The second-order valence-electron chi connectivity index (χ2n) is 6.54. The van der Waals surface area contributed by atoms with Crippen molar-refractivity contribution >= 4 is 11.9 Å². The van der Waals surface area contributed by atoms with Crippen molar-refractivity contribution in [2.45, 2.75) is 39.7 Å². The SMILES string of the molecule is CC(C)=CCOc1cccc(C(=O)N2CC(C(=O)O)CCC2C)c1. The van der Waals surface area contributed by atoms with Gasteiger partial charge in [0.25, 0.3) is 5.91 Å². The summed E-state index contributed by atoms with van der Waals surface area (Å²) in [5.41, 5.74) is 1.70. The van der Waals surface area contributed by atoms with Gasteiger partial charge in [0.15, 0.2) is 0 Å². The number of rotatable bonds is 5. The van der Waals surface area contributed by atoms with Crippen LogP contribution in [0.1, 0.15) is 44.0 Å². The number of aliphatic carboxylic acids is 1. The minimum Gasteiger partial charge on any atom is -0.490 e. The number of carbonyl (C=O) groups is 2. The fourth-order valence-corrected chi connectivity index (χ4v) is 2.78. The van der Waals surface area contributed by atoms with Gasteiger partial charge < -0.3 is 14.7 Å². The molecule has 1 saturated heterocycles. The molecular weight excluding hydrogens is 306 g/mol. The van der Waals surface area contributed by atoms with Gasteiger partial charge in [-0.1, -0.05) is 11.6 Å². The number of nitrogens with zero attached hydrogens (tertiary/aromatic N) is 1. The number of benzene rings is 1. The van der Waals surface area contributed by atoms with E-state index in [-0.39, 0.29) is 18.5 Å². The summed E-state index contributed by atoms with van der Waals surface area (Å²) in [5.74, 6) is -0.820. The van der Waals surface area contributed by atoms with Crippen molar-refractivity contribution in [3.63, 3.8) is 0 Å². The number of ether oxygens (including phenoxy) is 1. The first-order valence-corrected chi connectivity index (χ1v) is 8.28. The van der Waals surface area contributed by atoms with Crippen LogP contribution in [-0.4, -0.2) is 41.1 Å². The highest BCUT2D eigenvalue weighted by atomic mass is 16.5. The summed E-state index contributed by atoms with van der Waals surface area (Å²) < 4.78 is 5.64. The minimum atomic E-state index is -0.835. The number of likely N-dealkylation sites (tertiary alicyclic amines) is 1. The Morgan fingerprint density at radius 1 is 1.33 bits per heavy atom. The normalized spacial score (nSPS) is 20.4. The molecular formula is C19H25NO4. The molecule has 0 radical (unpaired) electrons. The minimum absolute atomic E-state index is 0.0448. The highest BCUT2D eigenvalue weighted by Gasteiger charge is 2.33. The van der Waals surface area contributed by atoms with Crippen molar-refractivity contribution in [1.29, 1.82) is 0 Å². The number of carboxylic acids is 1. The quantitative estimate of drug-likeness (QED) is 0.840. The smallest absolute Gasteiger partial charge is 0.308 e. The maximum Gasteiger partial charge on any atom is 0.308 e. The molecule has 0 spiro atoms. The second-order valence-corrected chi connectivity index (χ2v) is 6.54. The lowest BCUT2D eigenvalue weighted by Gasteiger charge is -2.36. The zero-order valence-electron chi connectivity index (χ0n) is 14.5. The molecule has 0 aliphatic carbocycles. The lowest BCUT2D eigenvalue weighted by atomic mass is 9.93. The molecule has 1 N–H and O–H groups in total. The number of hydrogen-bond acceptors (Lipinski definition) is 3. The molecule has 5 heteroatoms. The highest BCUT2D eigenvalue weighted by Crippen LogP contribution is 2.25. The molecule has 0 aromatic heterocycles. The highest BCUT2D eigenvalue weighted by molar-refractivity contribution is 5.95. The molecule has 130 valence electrons. The van der Waals surface area contributed by atoms with E-state index in [9.17, 15) is 14.7 Å². The predicted octanol–water partition coefficient (Wildman–Crippen LogP) is 3.36. The van der Waals surface area contributed by atoms with E-state index in [2.05, 4.69) is 0 Å². The Morgan fingerprint density at radius 2 is 2.08 bits per heavy atom. The van der Waals surface area contributed by atoms with E-state index in [1.807, 2.05) is 32.9 Å². The first-order chi connectivity index (χ1) is 11.4. The zero-order valence-corrected chi connectivity index (χ0v) is 14.5. The molecule has 5 nitrogen and oxygen atoms in total. The Labute approximate surface area is 142 Å². The number of carbonyl (C=O) groups excluding carboxylic acids is 1. The average Bonchev–Trinajstić information content (AvgIpc) is 2.54. The second kappa shape index (κ2) is 7.99. The molecule has 1 heterocycles. The lowest BCUT2D eigenvalue weighted by molar-refractivity contribution is -0.143. The number of amides is 1. The van der Waals surface area contributed by atoms with Crippen molar-refractivity contribution in [2.75, 3.05) is 13.2 Å². The molecule has 2 unspecified atom stereocenters. The van der Waals surface area contributed by atoms with E-state index in [1.165, 1.54) is 5.57 Å². The van der Waals surface area contributed by atoms with Crippen molar-refractivity contribution < 1.29 is 19.4 Å². The number of hydrogen-bond donors (Lipinski definition) is 1. The molecule has 1 fully saturated rings. The molecule has 2 rings (SSSR count). The van der Waals surface area contributed by atoms with Crippen molar-refractivity contribution in [3.05, 3.63) is 41.5 Å². The first kappa shape index (κ1) is 18.0. The predicted molar refractivity (Wildman–Crippen MR) is 92.2 cm³/mol. The monoisotopic (exact) mass is 331 g/mol. The average molecular weight is 331 g/mol. The Balaban J connectivity index is 2.10. The molecule has 0 saturated carbocycles. The fraction of sp³-hybridized carbons (Fsp3) is 0.474. The van der Waals surface area contributed by atoms with Crippen LogP contribution < -0.4 is 4.74 Å². The molecule has 1 aromatic rings. The van der Waals surface area contributed by atoms with Gasteiger partial charge >= 0.3 is 5.97 Å². The standard InChI is InChI=1S/C19H25NO4/c1-13(2)9-10-24-17-6-4-5-15(11-17)18(21)20-12-16(19(22)23)8-7-14(20)3/h4-6,9,11,14,16H,7-8,10,12H2,1-3H3,(H,22,23). The fourth-order valence-electron chi connectivity index (χ4n) is 2.78. The largest absolute Gasteiger partial charge is 0.490 e. The van der Waals surface area contributed by atoms with Gasteiger partial charge in [0.1, 0.15) is 12.4 Å². The molecule has 1 aliphatic heterocycles. The number of piperidine rings is 1. The molecule has 1 amide bonds. The first-order valence-electron chi connectivity index (χ1n) is 8.28. The summed E-state index contributed by atoms with van der Waals surface area (Å²) >= 11 is 0. The van der Waals surface area contributed by atoms with E-state index >= 15 is 0 Å². The molecule has 1 aliphatic rings. The molecule has 2 atom stereocenters. The third-order valence-electron chi connectivity index (χ3n) is 4.31. The van der Waals surface area contributed by atoms with Gasteiger partial charge in [-0.15, -0.1) is 0 Å². The molecule has 1 aromatic carbocycles. The van der Waals surface area contributed by atoms with E-state index < -0.39 is 11.9 Å². The van der Waals surface area contributed by atoms with Gasteiger partial charge in [-0.3, -0.25) is 9.59 Å². The summed E-state index contributed by atoms with van der Waals surface area (Å²) in [4.78, 5) is 25.7. The molecule has 24 heavy (non-hydrogen) atoms. The summed E-state index contributed by atoms with van der Waals surface area (Å²) in [6.07, 6.45) is 3.30. The van der Waals surface area contributed by atoms with E-state index in [0.29, 0.717) is 30.8 Å². The van der Waals surface area contributed by atoms with Crippen LogP contribution in [0, 0.1) is 5.92 Å². The van der Waals surface area contributed by atoms with Crippen LogP contribution in [0.4, 0.5) is 0 Å². The summed E-state index contributed by atoms with van der Waals surface area (Å²) in [5, 5.41) is 9.22. The van der Waals surface area contributed by atoms with Crippen molar-refractivity contribution in [1.82, 2.24) is 4.90 Å². The number of allylic oxidation sites excluding steroid dienone is 1. The Kier molecular flexibility index (Phi) is 6.01. The van der Waals surface area contributed by atoms with Crippen LogP contribution in [0.15, 0.2) is 35.9 Å². The van der Waals surface area contributed by atoms with Gasteiger partial charge in [-0.05, 0) is 57.9 Å². The van der Waals surface area contributed by atoms with E-state index in [1.54, 1.807) is 23.1 Å². The summed E-state index contributed by atoms with van der Waals surface area (Å²) in [6, 6.07) is 7.11. The van der Waals surface area contributed by atoms with Gasteiger partial charge in [-0.2, -0.15) is 0 Å². The summed E-state index contributed by atoms with van der Waals surface area (Å²) in [6.45, 7) is 6.68. The van der Waals surface area contributed by atoms with Crippen LogP contribution >= 0.6 is 0 Å². The summed E-state index contributed by atoms with van der Waals surface area (Å²) in [7, 11) is 0. The van der Waals surface area contributed by atoms with E-state index in [4.69, 9.17) is 4.74 Å². The maximum atomic E-state index is 12.8. The topological polar surface area (TPSA) is 66.8 Å². The Bertz CT molecular complexity index is 634. The van der Waals surface area contributed by atoms with Crippen molar-refractivity contribution in [2.24, 2.45) is 5.92 Å². The zero-order chi connectivity index (χ0) is 17.7. The Morgan fingerprint density at radius 3 is 2.75 bits per heavy atom. The van der Waals surface area contributed by atoms with Gasteiger partial charge in [0, 0.05) is 18.2 Å². The third kappa shape index (κ3) is 4.60. The lowest BCUT2D eigenvalue weighted by Crippen LogP contribution is -2.47. The van der Waals surface area contributed by atoms with Crippen LogP contribution in [0.2, 0.25) is 0 Å². The third-order valence-corrected chi connectivity index (χ3v) is 4.31. The van der Waals surface area contributed by atoms with Crippen LogP contribution in [-0.2, 0) is 4.79 Å². The van der Waals surface area contributed by atoms with Crippen LogP contribution in [0.3, 0.4) is 0 Å². The van der Waals surface area contributed by atoms with Crippen LogP contribution in [0.5, 0.6) is 5.75 Å². The van der Waals surface area contributed by atoms with Crippen LogP contribution in [0.25, 0.3) is 0 Å². The van der Waals surface area contributed by atoms with Crippen molar-refractivity contribution in [3.8, 4) is 5.75 Å². The van der Waals surface area contributed by atoms with Gasteiger partial charge in [0.2, 0.25) is 0 Å². The molecule has 0 bridgehead atoms. The maximum absolute atomic E-state index is 12.8. The van der Waals surface area contributed by atoms with Gasteiger partial charge in [0.05, 0.1) is 5.92 Å².